The molecule has 0 saturated carbocycles. The number of phenols is 1. The number of nitrogen functional groups attached to an aromatic ring is 1. The Morgan fingerprint density at radius 2 is 1.89 bits per heavy atom. The number of phenolic OH excluding ortho intramolecular Hbond substituents is 1. The smallest absolute Gasteiger partial charge is 0.265 e. The summed E-state index contributed by atoms with van der Waals surface area (Å²) in [6.45, 7) is 0.106. The van der Waals surface area contributed by atoms with Gasteiger partial charge in [0.15, 0.2) is 17.1 Å². The van der Waals surface area contributed by atoms with Crippen molar-refractivity contribution >= 4 is 17.3 Å². The van der Waals surface area contributed by atoms with E-state index in [2.05, 4.69) is 5.16 Å². The zero-order valence-electron chi connectivity index (χ0n) is 20.8. The van der Waals surface area contributed by atoms with Crippen LogP contribution in [0.3, 0.4) is 0 Å². The van der Waals surface area contributed by atoms with Gasteiger partial charge in [0, 0.05) is 23.2 Å². The number of nitrogens with two attached hydrogens (primary N) is 1. The zero-order valence-corrected chi connectivity index (χ0v) is 20.8. The second-order valence-corrected chi connectivity index (χ2v) is 10.4. The second kappa shape index (κ2) is 8.44. The highest BCUT2D eigenvalue weighted by Crippen LogP contribution is 2.56. The summed E-state index contributed by atoms with van der Waals surface area (Å²) in [6, 6.07) is 11.5. The van der Waals surface area contributed by atoms with Gasteiger partial charge in [-0.15, -0.1) is 0 Å². The van der Waals surface area contributed by atoms with Crippen LogP contribution in [0.4, 0.5) is 5.69 Å². The highest BCUT2D eigenvalue weighted by atomic mass is 16.5. The Kier molecular flexibility index (Phi) is 5.37. The van der Waals surface area contributed by atoms with Crippen LogP contribution in [0.15, 0.2) is 58.3 Å². The van der Waals surface area contributed by atoms with E-state index in [-0.39, 0.29) is 47.1 Å². The number of aromatic hydroxyl groups is 1. The van der Waals surface area contributed by atoms with Crippen LogP contribution in [0.2, 0.25) is 0 Å². The van der Waals surface area contributed by atoms with Gasteiger partial charge in [0.1, 0.15) is 23.7 Å². The molecular weight excluding hydrogens is 490 g/mol. The van der Waals surface area contributed by atoms with Gasteiger partial charge in [-0.1, -0.05) is 30.3 Å². The molecule has 0 saturated heterocycles. The molecule has 0 fully saturated rings. The number of hydrogen-bond acceptors (Lipinski definition) is 10. The van der Waals surface area contributed by atoms with E-state index in [0.717, 1.165) is 5.56 Å². The van der Waals surface area contributed by atoms with E-state index in [0.29, 0.717) is 17.7 Å². The third-order valence-electron chi connectivity index (χ3n) is 7.94. The van der Waals surface area contributed by atoms with Crippen LogP contribution in [-0.2, 0) is 13.0 Å². The first kappa shape index (κ1) is 24.2. The monoisotopic (exact) mass is 517 g/mol. The molecular formula is C28H27N3O7. The Balaban J connectivity index is 1.47. The first-order valence-corrected chi connectivity index (χ1v) is 12.3. The summed E-state index contributed by atoms with van der Waals surface area (Å²) in [5, 5.41) is 38.0. The molecule has 0 amide bonds. The maximum absolute atomic E-state index is 14.0. The van der Waals surface area contributed by atoms with Crippen molar-refractivity contribution in [2.75, 3.05) is 19.8 Å². The molecule has 1 heterocycles. The Bertz CT molecular complexity index is 1510. The van der Waals surface area contributed by atoms with Gasteiger partial charge in [-0.3, -0.25) is 14.5 Å². The number of Topliss-reactive ketones (excluding diaryl/α,β-unsaturated/α-hetero) is 2. The number of aromatic nitrogens is 1. The van der Waals surface area contributed by atoms with Gasteiger partial charge < -0.3 is 30.3 Å². The molecule has 0 spiro atoms. The van der Waals surface area contributed by atoms with Crippen LogP contribution in [0.25, 0.3) is 0 Å². The molecule has 5 N–H and O–H groups in total. The lowest BCUT2D eigenvalue weighted by Crippen LogP contribution is -2.59. The topological polar surface area (TPSA) is 159 Å². The summed E-state index contributed by atoms with van der Waals surface area (Å²) >= 11 is 0. The van der Waals surface area contributed by atoms with Gasteiger partial charge in [-0.2, -0.15) is 0 Å². The Hall–Kier alpha value is -4.15. The fourth-order valence-electron chi connectivity index (χ4n) is 6.30. The van der Waals surface area contributed by atoms with E-state index in [1.165, 1.54) is 6.07 Å². The molecule has 0 bridgehead atoms. The van der Waals surface area contributed by atoms with Crippen LogP contribution in [-0.4, -0.2) is 56.6 Å². The fourth-order valence-corrected chi connectivity index (χ4v) is 6.30. The number of hydrogen-bond donors (Lipinski definition) is 4. The van der Waals surface area contributed by atoms with Crippen molar-refractivity contribution in [1.29, 1.82) is 0 Å². The number of anilines is 1. The number of allylic oxidation sites excluding steroid dienone is 1. The highest BCUT2D eigenvalue weighted by molar-refractivity contribution is 6.16. The van der Waals surface area contributed by atoms with E-state index in [1.807, 2.05) is 30.3 Å². The number of carbonyl (C=O) groups is 2. The number of ether oxygens (including phenoxy) is 1. The first-order chi connectivity index (χ1) is 18.1. The number of nitrogens with zero attached hydrogens (tertiary/aromatic N) is 2. The molecule has 3 aromatic rings. The summed E-state index contributed by atoms with van der Waals surface area (Å²) in [7, 11) is 3.54. The predicted octanol–water partition coefficient (Wildman–Crippen LogP) is 2.96. The van der Waals surface area contributed by atoms with Gasteiger partial charge in [0.2, 0.25) is 5.78 Å². The molecule has 0 unspecified atom stereocenters. The molecule has 38 heavy (non-hydrogen) atoms. The normalized spacial score (nSPS) is 26.1. The summed E-state index contributed by atoms with van der Waals surface area (Å²) in [4.78, 5) is 29.3. The first-order valence-electron chi connectivity index (χ1n) is 12.3. The van der Waals surface area contributed by atoms with Crippen molar-refractivity contribution in [2.45, 2.75) is 31.1 Å². The van der Waals surface area contributed by atoms with Gasteiger partial charge in [0.25, 0.3) is 5.88 Å². The molecule has 6 rings (SSSR count). The number of aliphatic hydroxyl groups is 2. The maximum atomic E-state index is 14.0. The minimum absolute atomic E-state index is 0.0176. The van der Waals surface area contributed by atoms with E-state index >= 15 is 0 Å². The van der Waals surface area contributed by atoms with E-state index < -0.39 is 40.8 Å². The summed E-state index contributed by atoms with van der Waals surface area (Å²) in [5.41, 5.74) is 5.06. The number of ketones is 2. The van der Waals surface area contributed by atoms with Crippen molar-refractivity contribution in [3.63, 3.8) is 0 Å². The number of aliphatic hydroxyl groups excluding tert-OH is 1. The van der Waals surface area contributed by atoms with Crippen LogP contribution >= 0.6 is 0 Å². The van der Waals surface area contributed by atoms with Crippen LogP contribution in [0.5, 0.6) is 11.6 Å². The molecule has 0 aliphatic heterocycles. The summed E-state index contributed by atoms with van der Waals surface area (Å²) in [5.74, 6) is -3.70. The molecule has 10 heteroatoms. The van der Waals surface area contributed by atoms with Crippen molar-refractivity contribution < 1.29 is 34.2 Å². The minimum Gasteiger partial charge on any atom is -0.508 e. The molecule has 4 atom stereocenters. The van der Waals surface area contributed by atoms with Crippen LogP contribution < -0.4 is 10.5 Å². The third-order valence-corrected chi connectivity index (χ3v) is 7.94. The van der Waals surface area contributed by atoms with Gasteiger partial charge in [-0.25, -0.2) is 0 Å². The van der Waals surface area contributed by atoms with Gasteiger partial charge in [-0.05, 0) is 55.2 Å². The lowest BCUT2D eigenvalue weighted by Gasteiger charge is -2.49. The summed E-state index contributed by atoms with van der Waals surface area (Å²) < 4.78 is 11.5. The average Bonchev–Trinajstić information content (AvgIpc) is 3.28. The number of fused-ring (bicyclic) bond motifs is 4. The maximum Gasteiger partial charge on any atom is 0.265 e. The standard InChI is InChI=1S/C28H27N3O7/c1-31(2)22-17-10-15-8-14-9-16(29)11-18(32)19(14)23(33)20(15)25(34)28(17,36)26(35)21-24(22)38-30-27(21)37-12-13-6-4-3-5-7-13/h3-7,9,11,15,17,22,32,34,36H,8,10,12,29H2,1-2H3/t15-,17-,22-,28-/m0/s1. The van der Waals surface area contributed by atoms with E-state index in [9.17, 15) is 24.9 Å². The Morgan fingerprint density at radius 3 is 2.61 bits per heavy atom. The quantitative estimate of drug-likeness (QED) is 0.379. The molecule has 2 aromatic carbocycles. The summed E-state index contributed by atoms with van der Waals surface area (Å²) in [6.07, 6.45) is 0.500. The molecule has 10 nitrogen and oxygen atoms in total. The highest BCUT2D eigenvalue weighted by Gasteiger charge is 2.63. The minimum atomic E-state index is -2.42. The lowest BCUT2D eigenvalue weighted by molar-refractivity contribution is -0.0559. The second-order valence-electron chi connectivity index (χ2n) is 10.4. The van der Waals surface area contributed by atoms with Crippen molar-refractivity contribution in [3.8, 4) is 11.6 Å². The van der Waals surface area contributed by atoms with E-state index in [1.54, 1.807) is 25.1 Å². The van der Waals surface area contributed by atoms with Gasteiger partial charge >= 0.3 is 0 Å². The zero-order chi connectivity index (χ0) is 26.9. The van der Waals surface area contributed by atoms with E-state index in [4.69, 9.17) is 15.0 Å². The average molecular weight is 518 g/mol. The predicted molar refractivity (Wildman–Crippen MR) is 135 cm³/mol. The Labute approximate surface area is 217 Å². The van der Waals surface area contributed by atoms with Crippen molar-refractivity contribution in [2.24, 2.45) is 11.8 Å². The molecule has 196 valence electrons. The number of carbonyl (C=O) groups excluding carboxylic acids is 2. The van der Waals surface area contributed by atoms with Crippen molar-refractivity contribution in [3.05, 3.63) is 81.8 Å². The fraction of sp³-hybridized carbons (Fsp3) is 0.321. The molecule has 3 aliphatic rings. The SMILES string of the molecule is CN(C)[C@@H]1c2onc(OCc3ccccc3)c2C(=O)[C@@]2(O)C(O)=C3C(=O)c4c(O)cc(N)cc4C[C@H]3C[C@@H]12. The third kappa shape index (κ3) is 3.30. The van der Waals surface area contributed by atoms with Gasteiger partial charge in [0.05, 0.1) is 11.6 Å². The van der Waals surface area contributed by atoms with Crippen molar-refractivity contribution in [1.82, 2.24) is 10.1 Å². The largest absolute Gasteiger partial charge is 0.508 e. The molecule has 1 aromatic heterocycles. The Morgan fingerprint density at radius 1 is 1.16 bits per heavy atom. The molecule has 0 radical (unpaired) electrons. The number of rotatable bonds is 4. The van der Waals surface area contributed by atoms with Crippen LogP contribution in [0.1, 0.15) is 50.1 Å². The number of benzene rings is 2. The molecule has 3 aliphatic carbocycles. The van der Waals surface area contributed by atoms with Crippen LogP contribution in [0, 0.1) is 11.8 Å². The lowest BCUT2D eigenvalue weighted by atomic mass is 9.58.